The minimum Gasteiger partial charge on any atom is -0.507 e. The van der Waals surface area contributed by atoms with E-state index in [9.17, 15) is 13.9 Å². The first-order valence-electron chi connectivity index (χ1n) is 20.1. The van der Waals surface area contributed by atoms with Gasteiger partial charge in [-0.2, -0.15) is 0 Å². The van der Waals surface area contributed by atoms with Crippen LogP contribution in [0.1, 0.15) is 0 Å². The summed E-state index contributed by atoms with van der Waals surface area (Å²) in [5.41, 5.74) is 5.06. The number of alkyl halides is 1. The minimum atomic E-state index is -0.441. The second-order valence-electron chi connectivity index (χ2n) is 13.7. The lowest BCUT2D eigenvalue weighted by Gasteiger charge is -2.16. The van der Waals surface area contributed by atoms with E-state index in [1.54, 1.807) is 78.4 Å². The molecule has 0 bridgehead atoms. The number of anilines is 2. The monoisotopic (exact) mass is 904 g/mol. The third kappa shape index (κ3) is 11.5. The van der Waals surface area contributed by atoms with E-state index in [0.717, 1.165) is 22.1 Å². The van der Waals surface area contributed by atoms with E-state index < -0.39 is 5.82 Å². The molecule has 0 spiro atoms. The zero-order chi connectivity index (χ0) is 46.3. The molecule has 65 heavy (non-hydrogen) atoms. The Hall–Kier alpha value is -7.27. The first-order chi connectivity index (χ1) is 31.7. The first-order valence-corrected chi connectivity index (χ1v) is 20.6. The smallest absolute Gasteiger partial charge is 0.163 e. The number of aromatic hydroxyl groups is 1. The van der Waals surface area contributed by atoms with Gasteiger partial charge in [0.25, 0.3) is 0 Å². The molecule has 336 valence electrons. The number of benzene rings is 4. The van der Waals surface area contributed by atoms with E-state index in [0.29, 0.717) is 99.3 Å². The molecule has 0 saturated carbocycles. The van der Waals surface area contributed by atoms with Crippen LogP contribution < -0.4 is 24.8 Å². The molecule has 0 amide bonds. The fourth-order valence-corrected chi connectivity index (χ4v) is 6.71. The van der Waals surface area contributed by atoms with E-state index in [4.69, 9.17) is 35.5 Å². The molecule has 0 aliphatic carbocycles. The van der Waals surface area contributed by atoms with Crippen LogP contribution in [0.15, 0.2) is 110 Å². The number of hydrogen-bond donors (Lipinski definition) is 3. The summed E-state index contributed by atoms with van der Waals surface area (Å²) >= 11 is 5.18. The van der Waals surface area contributed by atoms with Crippen LogP contribution in [0.5, 0.6) is 23.0 Å². The Labute approximate surface area is 379 Å². The van der Waals surface area contributed by atoms with Crippen LogP contribution in [-0.2, 0) is 9.47 Å². The molecule has 0 fully saturated rings. The number of nitrogens with zero attached hydrogens (tertiary/aromatic N) is 6. The highest BCUT2D eigenvalue weighted by atomic mass is 35.5. The van der Waals surface area contributed by atoms with E-state index in [1.807, 2.05) is 36.4 Å². The highest BCUT2D eigenvalue weighted by Gasteiger charge is 2.19. The Bertz CT molecular complexity index is 2850. The van der Waals surface area contributed by atoms with Crippen molar-refractivity contribution in [3.8, 4) is 68.0 Å². The minimum absolute atomic E-state index is 0.0262. The van der Waals surface area contributed by atoms with Gasteiger partial charge in [-0.15, -0.1) is 11.6 Å². The van der Waals surface area contributed by atoms with Crippen LogP contribution in [0.2, 0.25) is 0 Å². The van der Waals surface area contributed by atoms with Crippen LogP contribution in [-0.4, -0.2) is 103 Å². The van der Waals surface area contributed by atoms with Gasteiger partial charge in [0.1, 0.15) is 63.9 Å². The Balaban J connectivity index is 0.000000197. The standard InChI is InChI=1S/C24H23FN4O3.C21H17FN4O2.C3H7ClO/c1-26-24-19-11-16(18-13-17(25)6-7-20(18)32-10-9-30-2)12-21(31-3)22(19)28-23(29-24)15-5-4-8-27-14-15;1-23-21-16-8-13(15-10-14(22)5-6-17(15)27)9-18(28-2)19(16)25-20(26-21)12-4-3-7-24-11-12;1-5-3-2-4/h4-8,11-14H,9-10H2,1-3H3,(H,26,28,29);3-11,27H,1-2H3,(H,23,25,26);2-3H2,1H3. The van der Waals surface area contributed by atoms with Crippen molar-refractivity contribution >= 4 is 45.0 Å². The quantitative estimate of drug-likeness (QED) is 0.0697. The van der Waals surface area contributed by atoms with Gasteiger partial charge in [-0.05, 0) is 96.1 Å². The molecule has 0 atom stereocenters. The van der Waals surface area contributed by atoms with Crippen molar-refractivity contribution in [2.24, 2.45) is 0 Å². The van der Waals surface area contributed by atoms with Crippen molar-refractivity contribution in [1.29, 1.82) is 0 Å². The van der Waals surface area contributed by atoms with Crippen LogP contribution in [0.4, 0.5) is 20.4 Å². The number of hydrogen-bond acceptors (Lipinski definition) is 14. The Kier molecular flexibility index (Phi) is 16.6. The molecule has 0 unspecified atom stereocenters. The third-order valence-electron chi connectivity index (χ3n) is 9.63. The Morgan fingerprint density at radius 2 is 1.08 bits per heavy atom. The van der Waals surface area contributed by atoms with Crippen molar-refractivity contribution in [1.82, 2.24) is 29.9 Å². The average molecular weight is 905 g/mol. The summed E-state index contributed by atoms with van der Waals surface area (Å²) in [5, 5.41) is 17.8. The summed E-state index contributed by atoms with van der Waals surface area (Å²) in [6.45, 7) is 1.42. The molecule has 0 aliphatic heterocycles. The Morgan fingerprint density at radius 3 is 1.52 bits per heavy atom. The summed E-state index contributed by atoms with van der Waals surface area (Å²) in [5.74, 6) is 3.56. The molecule has 4 heterocycles. The van der Waals surface area contributed by atoms with Crippen LogP contribution in [0.3, 0.4) is 0 Å². The largest absolute Gasteiger partial charge is 0.507 e. The molecule has 0 radical (unpaired) electrons. The fraction of sp³-hybridized carbons (Fsp3) is 0.208. The van der Waals surface area contributed by atoms with Gasteiger partial charge >= 0.3 is 0 Å². The van der Waals surface area contributed by atoms with Gasteiger partial charge in [-0.1, -0.05) is 0 Å². The van der Waals surface area contributed by atoms with Gasteiger partial charge in [0.05, 0.1) is 27.4 Å². The van der Waals surface area contributed by atoms with E-state index >= 15 is 0 Å². The number of phenols is 1. The van der Waals surface area contributed by atoms with Crippen molar-refractivity contribution < 1.29 is 37.6 Å². The van der Waals surface area contributed by atoms with Crippen LogP contribution in [0, 0.1) is 11.6 Å². The second-order valence-corrected chi connectivity index (χ2v) is 14.1. The summed E-state index contributed by atoms with van der Waals surface area (Å²) in [4.78, 5) is 26.9. The number of ether oxygens (including phenoxy) is 5. The third-order valence-corrected chi connectivity index (χ3v) is 9.79. The highest BCUT2D eigenvalue weighted by Crippen LogP contribution is 2.40. The zero-order valence-corrected chi connectivity index (χ0v) is 37.3. The Morgan fingerprint density at radius 1 is 0.569 bits per heavy atom. The number of methoxy groups -OCH3 is 4. The van der Waals surface area contributed by atoms with Gasteiger partial charge in [0.15, 0.2) is 11.6 Å². The topological polar surface area (TPSA) is 168 Å². The lowest BCUT2D eigenvalue weighted by Crippen LogP contribution is -2.05. The van der Waals surface area contributed by atoms with Crippen molar-refractivity contribution in [3.63, 3.8) is 0 Å². The second kappa shape index (κ2) is 22.9. The van der Waals surface area contributed by atoms with E-state index in [1.165, 1.54) is 37.4 Å². The number of pyridine rings is 2. The predicted molar refractivity (Wildman–Crippen MR) is 250 cm³/mol. The van der Waals surface area contributed by atoms with Gasteiger partial charge in [-0.3, -0.25) is 9.97 Å². The van der Waals surface area contributed by atoms with Gasteiger partial charge in [-0.25, -0.2) is 28.7 Å². The average Bonchev–Trinajstić information content (AvgIpc) is 3.35. The van der Waals surface area contributed by atoms with Crippen molar-refractivity contribution in [2.75, 3.05) is 78.9 Å². The molecule has 8 aromatic rings. The predicted octanol–water partition coefficient (Wildman–Crippen LogP) is 9.70. The molecule has 4 aromatic heterocycles. The molecular formula is C48H47ClF2N8O6. The number of rotatable bonds is 14. The number of halogens is 3. The molecule has 17 heteroatoms. The fourth-order valence-electron chi connectivity index (χ4n) is 6.56. The lowest BCUT2D eigenvalue weighted by molar-refractivity contribution is 0.146. The van der Waals surface area contributed by atoms with Crippen molar-refractivity contribution in [3.05, 3.63) is 121 Å². The summed E-state index contributed by atoms with van der Waals surface area (Å²) in [7, 11) is 9.88. The molecule has 8 rings (SSSR count). The molecule has 0 saturated heterocycles. The van der Waals surface area contributed by atoms with Crippen LogP contribution >= 0.6 is 11.6 Å². The maximum atomic E-state index is 14.1. The summed E-state index contributed by atoms with van der Waals surface area (Å²) in [6, 6.07) is 22.9. The summed E-state index contributed by atoms with van der Waals surface area (Å²) < 4.78 is 54.5. The van der Waals surface area contributed by atoms with E-state index in [-0.39, 0.29) is 11.6 Å². The van der Waals surface area contributed by atoms with Gasteiger partial charge in [0.2, 0.25) is 0 Å². The SMILES string of the molecule is CNc1nc(-c2cccnc2)nc2c(OC)cc(-c3cc(F)ccc3O)cc12.CNc1nc(-c2cccnc2)nc2c(OC)cc(-c3cc(F)ccc3OCCOC)cc12.COCCCl. The highest BCUT2D eigenvalue weighted by molar-refractivity contribution is 6.18. The van der Waals surface area contributed by atoms with Crippen LogP contribution in [0.25, 0.3) is 66.8 Å². The maximum Gasteiger partial charge on any atom is 0.163 e. The number of aromatic nitrogens is 6. The first kappa shape index (κ1) is 47.2. The molecular weight excluding hydrogens is 858 g/mol. The number of fused-ring (bicyclic) bond motifs is 2. The molecule has 3 N–H and O–H groups in total. The van der Waals surface area contributed by atoms with E-state index in [2.05, 4.69) is 40.3 Å². The molecule has 14 nitrogen and oxygen atoms in total. The number of nitrogens with one attached hydrogen (secondary N) is 2. The zero-order valence-electron chi connectivity index (χ0n) is 36.5. The van der Waals surface area contributed by atoms with Crippen molar-refractivity contribution in [2.45, 2.75) is 0 Å². The summed E-state index contributed by atoms with van der Waals surface area (Å²) in [6.07, 6.45) is 6.77. The lowest BCUT2D eigenvalue weighted by atomic mass is 10.0. The molecule has 0 aliphatic rings. The number of phenolic OH excluding ortho intramolecular Hbond substituents is 1. The van der Waals surface area contributed by atoms with Gasteiger partial charge in [0, 0.05) is 92.0 Å². The van der Waals surface area contributed by atoms with Gasteiger partial charge < -0.3 is 39.4 Å². The molecule has 4 aromatic carbocycles. The maximum absolute atomic E-state index is 14.1. The normalized spacial score (nSPS) is 10.7.